The van der Waals surface area contributed by atoms with Crippen molar-refractivity contribution in [3.8, 4) is 0 Å². The average Bonchev–Trinajstić information content (AvgIpc) is 2.61. The first kappa shape index (κ1) is 15.6. The van der Waals surface area contributed by atoms with Crippen LogP contribution in [0.5, 0.6) is 0 Å². The van der Waals surface area contributed by atoms with Crippen LogP contribution in [-0.2, 0) is 9.47 Å². The molecule has 24 heavy (non-hydrogen) atoms. The fourth-order valence-electron chi connectivity index (χ4n) is 3.42. The lowest BCUT2D eigenvalue weighted by molar-refractivity contribution is -0.0817. The second kappa shape index (κ2) is 6.52. The van der Waals surface area contributed by atoms with Crippen molar-refractivity contribution in [3.05, 3.63) is 54.6 Å². The molecule has 0 heterocycles. The lowest BCUT2D eigenvalue weighted by Crippen LogP contribution is -2.33. The molecule has 0 bridgehead atoms. The molecule has 0 spiro atoms. The van der Waals surface area contributed by atoms with E-state index in [1.165, 1.54) is 37.5 Å². The molecule has 0 aliphatic heterocycles. The monoisotopic (exact) mass is 332 g/mol. The van der Waals surface area contributed by atoms with Crippen molar-refractivity contribution in [3.63, 3.8) is 0 Å². The Hall–Kier alpha value is -1.94. The summed E-state index contributed by atoms with van der Waals surface area (Å²) in [5, 5.41) is 9.26. The molecule has 0 saturated heterocycles. The number of hydrogen-bond acceptors (Lipinski definition) is 2. The average molecular weight is 332 g/mol. The van der Waals surface area contributed by atoms with E-state index in [0.29, 0.717) is 22.7 Å². The van der Waals surface area contributed by atoms with E-state index in [9.17, 15) is 0 Å². The molecule has 0 aliphatic rings. The molecule has 4 rings (SSSR count). The van der Waals surface area contributed by atoms with E-state index in [-0.39, 0.29) is 5.91 Å². The van der Waals surface area contributed by atoms with E-state index in [2.05, 4.69) is 54.6 Å². The van der Waals surface area contributed by atoms with E-state index in [0.717, 1.165) is 0 Å². The molecule has 0 unspecified atom stereocenters. The van der Waals surface area contributed by atoms with Gasteiger partial charge in [-0.15, -0.1) is 0 Å². The van der Waals surface area contributed by atoms with Crippen molar-refractivity contribution in [2.24, 2.45) is 0 Å². The molecule has 0 atom stereocenters. The van der Waals surface area contributed by atoms with Gasteiger partial charge in [-0.3, -0.25) is 0 Å². The maximum atomic E-state index is 5.77. The minimum atomic E-state index is -0.154. The molecular weight excluding hydrogens is 312 g/mol. The minimum absolute atomic E-state index is 0.154. The Morgan fingerprint density at radius 2 is 1.33 bits per heavy atom. The van der Waals surface area contributed by atoms with Crippen molar-refractivity contribution in [1.82, 2.24) is 0 Å². The fraction of sp³-hybridized carbons (Fsp3) is 0.238. The second-order valence-corrected chi connectivity index (χ2v) is 7.15. The van der Waals surface area contributed by atoms with Crippen LogP contribution in [-0.4, -0.2) is 28.6 Å². The van der Waals surface area contributed by atoms with Crippen LogP contribution in [0, 0.1) is 0 Å². The first-order valence-electron chi connectivity index (χ1n) is 8.48. The van der Waals surface area contributed by atoms with Gasteiger partial charge in [-0.25, -0.2) is 0 Å². The largest absolute Gasteiger partial charge is 0.357 e. The summed E-state index contributed by atoms with van der Waals surface area (Å²) in [6, 6.07) is 19.9. The van der Waals surface area contributed by atoms with Crippen molar-refractivity contribution in [2.75, 3.05) is 13.2 Å². The van der Waals surface area contributed by atoms with Gasteiger partial charge in [-0.1, -0.05) is 59.8 Å². The zero-order valence-electron chi connectivity index (χ0n) is 14.0. The van der Waals surface area contributed by atoms with Crippen LogP contribution in [0.1, 0.15) is 13.8 Å². The smallest absolute Gasteiger partial charge is 0.157 e. The van der Waals surface area contributed by atoms with Crippen LogP contribution in [0.3, 0.4) is 0 Å². The maximum Gasteiger partial charge on any atom is 0.157 e. The summed E-state index contributed by atoms with van der Waals surface area (Å²) >= 11 is 0. The summed E-state index contributed by atoms with van der Waals surface area (Å²) in [6.07, 6.45) is 0. The van der Waals surface area contributed by atoms with Crippen LogP contribution in [0.15, 0.2) is 54.6 Å². The van der Waals surface area contributed by atoms with Crippen LogP contribution in [0.25, 0.3) is 32.3 Å². The van der Waals surface area contributed by atoms with E-state index in [1.54, 1.807) is 0 Å². The summed E-state index contributed by atoms with van der Waals surface area (Å²) in [4.78, 5) is 0. The van der Waals surface area contributed by atoms with Gasteiger partial charge in [-0.2, -0.15) is 0 Å². The third-order valence-electron chi connectivity index (χ3n) is 4.44. The Bertz CT molecular complexity index is 958. The topological polar surface area (TPSA) is 18.5 Å². The maximum absolute atomic E-state index is 5.77. The third-order valence-corrected chi connectivity index (χ3v) is 5.75. The lowest BCUT2D eigenvalue weighted by atomic mass is 9.94. The first-order valence-corrected chi connectivity index (χ1v) is 9.56. The highest BCUT2D eigenvalue weighted by Gasteiger charge is 2.16. The van der Waals surface area contributed by atoms with Crippen LogP contribution in [0.4, 0.5) is 0 Å². The predicted molar refractivity (Wildman–Crippen MR) is 103 cm³/mol. The summed E-state index contributed by atoms with van der Waals surface area (Å²) in [5.74, 6) is -0.154. The van der Waals surface area contributed by atoms with Crippen LogP contribution in [0.2, 0.25) is 0 Å². The Morgan fingerprint density at radius 1 is 0.750 bits per heavy atom. The minimum Gasteiger partial charge on any atom is -0.357 e. The highest BCUT2D eigenvalue weighted by atomic mass is 28.2. The van der Waals surface area contributed by atoms with Gasteiger partial charge in [0.05, 0.1) is 0 Å². The first-order chi connectivity index (χ1) is 11.8. The molecule has 0 aliphatic carbocycles. The number of ether oxygens (including phenoxy) is 2. The molecule has 0 saturated carbocycles. The second-order valence-electron chi connectivity index (χ2n) is 5.86. The van der Waals surface area contributed by atoms with Gasteiger partial charge in [-0.05, 0) is 46.2 Å². The highest BCUT2D eigenvalue weighted by Crippen LogP contribution is 2.33. The van der Waals surface area contributed by atoms with Crippen molar-refractivity contribution >= 4 is 47.0 Å². The SMILES string of the molecule is CCOC(OCC)[Si]c1ccc2ccc3cccc4ccc1c2c34. The van der Waals surface area contributed by atoms with E-state index < -0.39 is 0 Å². The molecule has 2 nitrogen and oxygen atoms in total. The summed E-state index contributed by atoms with van der Waals surface area (Å²) in [5.41, 5.74) is 0. The summed E-state index contributed by atoms with van der Waals surface area (Å²) in [7, 11) is 0.483. The van der Waals surface area contributed by atoms with Gasteiger partial charge in [0.15, 0.2) is 9.52 Å². The predicted octanol–water partition coefficient (Wildman–Crippen LogP) is 4.27. The molecule has 0 amide bonds. The molecule has 120 valence electrons. The zero-order valence-corrected chi connectivity index (χ0v) is 15.0. The van der Waals surface area contributed by atoms with Gasteiger partial charge >= 0.3 is 0 Å². The normalized spacial score (nSPS) is 12.1. The molecule has 3 heteroatoms. The molecule has 4 aromatic rings. The lowest BCUT2D eigenvalue weighted by Gasteiger charge is -2.18. The summed E-state index contributed by atoms with van der Waals surface area (Å²) in [6.45, 7) is 5.37. The van der Waals surface area contributed by atoms with Gasteiger partial charge in [0.25, 0.3) is 0 Å². The van der Waals surface area contributed by atoms with Gasteiger partial charge < -0.3 is 9.47 Å². The Balaban J connectivity index is 1.90. The van der Waals surface area contributed by atoms with Gasteiger partial charge in [0.1, 0.15) is 5.91 Å². The van der Waals surface area contributed by atoms with Crippen molar-refractivity contribution < 1.29 is 9.47 Å². The summed E-state index contributed by atoms with van der Waals surface area (Å²) < 4.78 is 11.5. The molecule has 0 fully saturated rings. The van der Waals surface area contributed by atoms with Gasteiger partial charge in [0.2, 0.25) is 0 Å². The molecule has 4 aromatic carbocycles. The zero-order chi connectivity index (χ0) is 16.5. The molecule has 0 N–H and O–H groups in total. The highest BCUT2D eigenvalue weighted by molar-refractivity contribution is 6.58. The number of rotatable bonds is 6. The van der Waals surface area contributed by atoms with Crippen LogP contribution >= 0.6 is 0 Å². The molecule has 2 radical (unpaired) electrons. The molecular formula is C21H20O2Si. The number of benzene rings is 4. The fourth-order valence-corrected chi connectivity index (χ4v) is 4.72. The Morgan fingerprint density at radius 3 is 2.00 bits per heavy atom. The number of hydrogen-bond donors (Lipinski definition) is 0. The van der Waals surface area contributed by atoms with Gasteiger partial charge in [0, 0.05) is 13.2 Å². The van der Waals surface area contributed by atoms with E-state index >= 15 is 0 Å². The van der Waals surface area contributed by atoms with E-state index in [4.69, 9.17) is 9.47 Å². The van der Waals surface area contributed by atoms with Crippen molar-refractivity contribution in [1.29, 1.82) is 0 Å². The Kier molecular flexibility index (Phi) is 4.23. The standard InChI is InChI=1S/C21H20O2Si/c1-3-22-21(23-4-2)24-18-13-11-16-9-8-14-6-5-7-15-10-12-17(18)20(16)19(14)15/h5-13,21H,3-4H2,1-2H3. The van der Waals surface area contributed by atoms with Crippen LogP contribution < -0.4 is 5.19 Å². The molecule has 0 aromatic heterocycles. The third kappa shape index (κ3) is 2.59. The Labute approximate surface area is 144 Å². The van der Waals surface area contributed by atoms with E-state index in [1.807, 2.05) is 13.8 Å². The van der Waals surface area contributed by atoms with Crippen molar-refractivity contribution in [2.45, 2.75) is 19.8 Å². The quantitative estimate of drug-likeness (QED) is 0.298.